The second-order valence-corrected chi connectivity index (χ2v) is 5.57. The third-order valence-electron chi connectivity index (χ3n) is 3.54. The van der Waals surface area contributed by atoms with E-state index in [0.717, 1.165) is 31.6 Å². The van der Waals surface area contributed by atoms with Crippen LogP contribution >= 0.6 is 23.2 Å². The highest BCUT2D eigenvalue weighted by Crippen LogP contribution is 2.27. The molecular weight excluding hydrogens is 269 g/mol. The molecule has 2 nitrogen and oxygen atoms in total. The Bertz CT molecular complexity index is 427. The van der Waals surface area contributed by atoms with E-state index in [4.69, 9.17) is 23.2 Å². The molecule has 4 heteroatoms. The Morgan fingerprint density at radius 3 is 2.61 bits per heavy atom. The number of piperidine rings is 1. The van der Waals surface area contributed by atoms with Crippen molar-refractivity contribution in [3.05, 3.63) is 33.8 Å². The van der Waals surface area contributed by atoms with Gasteiger partial charge in [-0.25, -0.2) is 0 Å². The lowest BCUT2D eigenvalue weighted by atomic mass is 9.94. The molecule has 0 saturated carbocycles. The number of ketones is 1. The van der Waals surface area contributed by atoms with Crippen molar-refractivity contribution in [2.45, 2.75) is 26.3 Å². The van der Waals surface area contributed by atoms with Crippen molar-refractivity contribution in [3.8, 4) is 0 Å². The maximum absolute atomic E-state index is 11.7. The van der Waals surface area contributed by atoms with Crippen LogP contribution in [0.25, 0.3) is 0 Å². The molecule has 2 rings (SSSR count). The monoisotopic (exact) mass is 285 g/mol. The van der Waals surface area contributed by atoms with Gasteiger partial charge in [-0.05, 0) is 18.6 Å². The highest BCUT2D eigenvalue weighted by molar-refractivity contribution is 6.35. The van der Waals surface area contributed by atoms with Crippen molar-refractivity contribution in [1.29, 1.82) is 0 Å². The number of halogens is 2. The quantitative estimate of drug-likeness (QED) is 0.842. The molecule has 1 atom stereocenters. The average molecular weight is 286 g/mol. The van der Waals surface area contributed by atoms with Crippen LogP contribution in [0.15, 0.2) is 18.2 Å². The lowest BCUT2D eigenvalue weighted by molar-refractivity contribution is -0.126. The summed E-state index contributed by atoms with van der Waals surface area (Å²) in [6.07, 6.45) is 1.55. The van der Waals surface area contributed by atoms with Gasteiger partial charge in [-0.3, -0.25) is 9.69 Å². The van der Waals surface area contributed by atoms with Gasteiger partial charge < -0.3 is 0 Å². The topological polar surface area (TPSA) is 20.3 Å². The molecule has 1 heterocycles. The Kier molecular flexibility index (Phi) is 4.66. The summed E-state index contributed by atoms with van der Waals surface area (Å²) < 4.78 is 0. The standard InChI is InChI=1S/C14H17Cl2NO/c1-2-10-8-17(7-6-14(10)18)9-11-12(15)4-3-5-13(11)16/h3-5,10H,2,6-9H2,1H3. The molecule has 0 spiro atoms. The predicted molar refractivity (Wildman–Crippen MR) is 75.1 cm³/mol. The van der Waals surface area contributed by atoms with Crippen molar-refractivity contribution < 1.29 is 4.79 Å². The van der Waals surface area contributed by atoms with Gasteiger partial charge in [0.15, 0.2) is 0 Å². The average Bonchev–Trinajstić information content (AvgIpc) is 2.36. The Morgan fingerprint density at radius 2 is 2.00 bits per heavy atom. The number of benzene rings is 1. The molecule has 0 aromatic heterocycles. The van der Waals surface area contributed by atoms with Crippen LogP contribution < -0.4 is 0 Å². The van der Waals surface area contributed by atoms with E-state index in [1.54, 1.807) is 0 Å². The number of carbonyl (C=O) groups excluding carboxylic acids is 1. The van der Waals surface area contributed by atoms with Gasteiger partial charge in [0, 0.05) is 47.6 Å². The lowest BCUT2D eigenvalue weighted by Gasteiger charge is -2.31. The molecule has 1 unspecified atom stereocenters. The molecule has 0 radical (unpaired) electrons. The molecule has 0 N–H and O–H groups in total. The zero-order valence-corrected chi connectivity index (χ0v) is 12.0. The van der Waals surface area contributed by atoms with Gasteiger partial charge in [0.1, 0.15) is 5.78 Å². The largest absolute Gasteiger partial charge is 0.299 e. The van der Waals surface area contributed by atoms with E-state index in [1.807, 2.05) is 18.2 Å². The second-order valence-electron chi connectivity index (χ2n) is 4.76. The van der Waals surface area contributed by atoms with E-state index in [2.05, 4.69) is 11.8 Å². The Labute approximate surface area is 118 Å². The molecule has 1 aromatic rings. The molecule has 0 bridgehead atoms. The highest BCUT2D eigenvalue weighted by Gasteiger charge is 2.26. The Morgan fingerprint density at radius 1 is 1.33 bits per heavy atom. The van der Waals surface area contributed by atoms with Crippen LogP contribution in [-0.4, -0.2) is 23.8 Å². The first-order valence-corrected chi connectivity index (χ1v) is 7.05. The Hall–Kier alpha value is -0.570. The van der Waals surface area contributed by atoms with E-state index in [1.165, 1.54) is 0 Å². The second kappa shape index (κ2) is 6.05. The number of hydrogen-bond donors (Lipinski definition) is 0. The van der Waals surface area contributed by atoms with Gasteiger partial charge in [0.2, 0.25) is 0 Å². The van der Waals surface area contributed by atoms with Crippen LogP contribution in [0.3, 0.4) is 0 Å². The van der Waals surface area contributed by atoms with E-state index < -0.39 is 0 Å². The van der Waals surface area contributed by atoms with Gasteiger partial charge in [-0.2, -0.15) is 0 Å². The molecular formula is C14H17Cl2NO. The summed E-state index contributed by atoms with van der Waals surface area (Å²) in [4.78, 5) is 13.9. The normalized spacial score (nSPS) is 21.3. The molecule has 1 saturated heterocycles. The number of rotatable bonds is 3. The third-order valence-corrected chi connectivity index (χ3v) is 4.25. The predicted octanol–water partition coefficient (Wildman–Crippen LogP) is 3.79. The number of likely N-dealkylation sites (tertiary alicyclic amines) is 1. The molecule has 98 valence electrons. The van der Waals surface area contributed by atoms with Gasteiger partial charge >= 0.3 is 0 Å². The van der Waals surface area contributed by atoms with E-state index in [9.17, 15) is 4.79 Å². The number of carbonyl (C=O) groups is 1. The number of hydrogen-bond acceptors (Lipinski definition) is 2. The smallest absolute Gasteiger partial charge is 0.138 e. The van der Waals surface area contributed by atoms with Crippen LogP contribution in [0.1, 0.15) is 25.3 Å². The molecule has 1 aliphatic rings. The molecule has 0 amide bonds. The first kappa shape index (κ1) is 13.9. The molecule has 1 aromatic carbocycles. The minimum Gasteiger partial charge on any atom is -0.299 e. The van der Waals surface area contributed by atoms with Crippen molar-refractivity contribution in [1.82, 2.24) is 4.90 Å². The fourth-order valence-electron chi connectivity index (χ4n) is 2.38. The molecule has 0 aliphatic carbocycles. The van der Waals surface area contributed by atoms with E-state index in [0.29, 0.717) is 22.2 Å². The fraction of sp³-hybridized carbons (Fsp3) is 0.500. The van der Waals surface area contributed by atoms with Crippen LogP contribution in [0.4, 0.5) is 0 Å². The SMILES string of the molecule is CCC1CN(Cc2c(Cl)cccc2Cl)CCC1=O. The van der Waals surface area contributed by atoms with E-state index >= 15 is 0 Å². The number of Topliss-reactive ketones (excluding diaryl/α,β-unsaturated/α-hetero) is 1. The molecule has 18 heavy (non-hydrogen) atoms. The lowest BCUT2D eigenvalue weighted by Crippen LogP contribution is -2.40. The van der Waals surface area contributed by atoms with Gasteiger partial charge in [-0.15, -0.1) is 0 Å². The van der Waals surface area contributed by atoms with Crippen LogP contribution in [-0.2, 0) is 11.3 Å². The summed E-state index contributed by atoms with van der Waals surface area (Å²) in [7, 11) is 0. The maximum atomic E-state index is 11.7. The van der Waals surface area contributed by atoms with E-state index in [-0.39, 0.29) is 5.92 Å². The van der Waals surface area contributed by atoms with Crippen molar-refractivity contribution >= 4 is 29.0 Å². The summed E-state index contributed by atoms with van der Waals surface area (Å²) in [5.74, 6) is 0.555. The first-order valence-electron chi connectivity index (χ1n) is 6.29. The van der Waals surface area contributed by atoms with Gasteiger partial charge in [0.25, 0.3) is 0 Å². The number of nitrogens with zero attached hydrogens (tertiary/aromatic N) is 1. The minimum atomic E-state index is 0.167. The maximum Gasteiger partial charge on any atom is 0.138 e. The van der Waals surface area contributed by atoms with Crippen LogP contribution in [0, 0.1) is 5.92 Å². The summed E-state index contributed by atoms with van der Waals surface area (Å²) in [5.41, 5.74) is 0.963. The zero-order chi connectivity index (χ0) is 13.1. The first-order chi connectivity index (χ1) is 8.61. The third kappa shape index (κ3) is 3.05. The molecule has 1 aliphatic heterocycles. The van der Waals surface area contributed by atoms with Crippen LogP contribution in [0.5, 0.6) is 0 Å². The minimum absolute atomic E-state index is 0.167. The van der Waals surface area contributed by atoms with Gasteiger partial charge in [0.05, 0.1) is 0 Å². The molecule has 1 fully saturated rings. The van der Waals surface area contributed by atoms with Crippen molar-refractivity contribution in [2.75, 3.05) is 13.1 Å². The summed E-state index contributed by atoms with van der Waals surface area (Å²) >= 11 is 12.3. The summed E-state index contributed by atoms with van der Waals surface area (Å²) in [6, 6.07) is 5.56. The zero-order valence-electron chi connectivity index (χ0n) is 10.5. The van der Waals surface area contributed by atoms with Crippen LogP contribution in [0.2, 0.25) is 10.0 Å². The van der Waals surface area contributed by atoms with Gasteiger partial charge in [-0.1, -0.05) is 36.2 Å². The fourth-order valence-corrected chi connectivity index (χ4v) is 2.90. The van der Waals surface area contributed by atoms with Crippen molar-refractivity contribution in [2.24, 2.45) is 5.92 Å². The van der Waals surface area contributed by atoms with Crippen molar-refractivity contribution in [3.63, 3.8) is 0 Å². The summed E-state index contributed by atoms with van der Waals surface area (Å²) in [6.45, 7) is 4.41. The highest BCUT2D eigenvalue weighted by atomic mass is 35.5. The Balaban J connectivity index is 2.08. The summed E-state index contributed by atoms with van der Waals surface area (Å²) in [5, 5.41) is 1.40.